The Hall–Kier alpha value is -0.420. The van der Waals surface area contributed by atoms with Crippen LogP contribution in [0.15, 0.2) is 0 Å². The van der Waals surface area contributed by atoms with Gasteiger partial charge in [0.25, 0.3) is 0 Å². The van der Waals surface area contributed by atoms with Crippen molar-refractivity contribution >= 4 is 16.8 Å². The Kier molecular flexibility index (Phi) is 4.73. The first-order valence-corrected chi connectivity index (χ1v) is 6.68. The van der Waals surface area contributed by atoms with E-state index in [-0.39, 0.29) is 11.4 Å². The maximum atomic E-state index is 11.7. The average Bonchev–Trinajstić information content (AvgIpc) is 2.65. The summed E-state index contributed by atoms with van der Waals surface area (Å²) in [5.74, 6) is -0.439. The fraction of sp³-hybridized carbons (Fsp3) is 0.900. The third-order valence-corrected chi connectivity index (χ3v) is 4.69. The zero-order valence-corrected chi connectivity index (χ0v) is 9.96. The van der Waals surface area contributed by atoms with Crippen molar-refractivity contribution in [1.29, 1.82) is 0 Å². The van der Waals surface area contributed by atoms with E-state index in [0.717, 1.165) is 6.42 Å². The fourth-order valence-electron chi connectivity index (χ4n) is 1.54. The largest absolute Gasteiger partial charge is 0.479 e. The van der Waals surface area contributed by atoms with Crippen molar-refractivity contribution in [2.45, 2.75) is 50.6 Å². The van der Waals surface area contributed by atoms with Gasteiger partial charge in [-0.05, 0) is 19.3 Å². The van der Waals surface area contributed by atoms with Crippen LogP contribution in [0.5, 0.6) is 0 Å². The summed E-state index contributed by atoms with van der Waals surface area (Å²) in [6, 6.07) is 0. The molecule has 4 unspecified atom stereocenters. The summed E-state index contributed by atoms with van der Waals surface area (Å²) in [7, 11) is -0.901. The van der Waals surface area contributed by atoms with Gasteiger partial charge in [-0.3, -0.25) is 4.21 Å². The Bertz CT molecular complexity index is 254. The summed E-state index contributed by atoms with van der Waals surface area (Å²) >= 11 is 0. The van der Waals surface area contributed by atoms with Crippen molar-refractivity contribution in [2.24, 2.45) is 0 Å². The molecule has 0 aromatic rings. The Morgan fingerprint density at radius 3 is 2.73 bits per heavy atom. The first kappa shape index (κ1) is 12.6. The van der Waals surface area contributed by atoms with Gasteiger partial charge in [0.05, 0.1) is 11.9 Å². The van der Waals surface area contributed by atoms with E-state index in [0.29, 0.717) is 18.6 Å². The second-order valence-electron chi connectivity index (χ2n) is 3.93. The maximum absolute atomic E-state index is 11.7. The number of ether oxygens (including phenoxy) is 1. The van der Waals surface area contributed by atoms with Crippen LogP contribution in [-0.4, -0.2) is 38.5 Å². The number of rotatable bonds is 5. The molecule has 4 atom stereocenters. The highest BCUT2D eigenvalue weighted by molar-refractivity contribution is 7.85. The van der Waals surface area contributed by atoms with Gasteiger partial charge < -0.3 is 9.84 Å². The molecule has 1 heterocycles. The Morgan fingerprint density at radius 2 is 2.27 bits per heavy atom. The number of aliphatic carboxylic acids is 1. The molecule has 0 saturated carbocycles. The predicted molar refractivity (Wildman–Crippen MR) is 58.3 cm³/mol. The number of carboxylic acids is 1. The summed E-state index contributed by atoms with van der Waals surface area (Å²) < 4.78 is 17.0. The van der Waals surface area contributed by atoms with Crippen molar-refractivity contribution in [3.8, 4) is 0 Å². The Morgan fingerprint density at radius 1 is 1.60 bits per heavy atom. The van der Waals surface area contributed by atoms with E-state index in [1.54, 1.807) is 0 Å². The third-order valence-electron chi connectivity index (χ3n) is 2.76. The van der Waals surface area contributed by atoms with Gasteiger partial charge in [0.15, 0.2) is 6.10 Å². The molecule has 1 aliphatic rings. The van der Waals surface area contributed by atoms with Gasteiger partial charge in [0, 0.05) is 16.0 Å². The first-order chi connectivity index (χ1) is 7.04. The molecular weight excluding hydrogens is 216 g/mol. The van der Waals surface area contributed by atoms with Crippen molar-refractivity contribution in [1.82, 2.24) is 0 Å². The standard InChI is InChI=1S/C10H18O4S/c1-3-7(2)15(13)6-8-4-5-9(14-8)10(11)12/h7-9H,3-6H2,1-2H3,(H,11,12). The lowest BCUT2D eigenvalue weighted by atomic mass is 10.2. The number of hydrogen-bond acceptors (Lipinski definition) is 3. The summed E-state index contributed by atoms with van der Waals surface area (Å²) in [5, 5.41) is 8.88. The minimum absolute atomic E-state index is 0.138. The summed E-state index contributed by atoms with van der Waals surface area (Å²) in [5.41, 5.74) is 0. The minimum atomic E-state index is -0.910. The van der Waals surface area contributed by atoms with Gasteiger partial charge in [0.1, 0.15) is 0 Å². The van der Waals surface area contributed by atoms with Crippen molar-refractivity contribution < 1.29 is 18.8 Å². The van der Waals surface area contributed by atoms with E-state index in [1.807, 2.05) is 13.8 Å². The second kappa shape index (κ2) is 5.61. The Balaban J connectivity index is 2.36. The molecule has 0 amide bonds. The van der Waals surface area contributed by atoms with Crippen LogP contribution < -0.4 is 0 Å². The van der Waals surface area contributed by atoms with Crippen LogP contribution in [-0.2, 0) is 20.3 Å². The number of hydrogen-bond donors (Lipinski definition) is 1. The van der Waals surface area contributed by atoms with E-state index in [1.165, 1.54) is 0 Å². The van der Waals surface area contributed by atoms with Gasteiger partial charge >= 0.3 is 5.97 Å². The van der Waals surface area contributed by atoms with Crippen molar-refractivity contribution in [3.05, 3.63) is 0 Å². The highest BCUT2D eigenvalue weighted by atomic mass is 32.2. The highest BCUT2D eigenvalue weighted by Crippen LogP contribution is 2.21. The molecule has 15 heavy (non-hydrogen) atoms. The number of carboxylic acid groups (broad SMARTS) is 1. The quantitative estimate of drug-likeness (QED) is 0.775. The molecular formula is C10H18O4S. The molecule has 5 heteroatoms. The molecule has 1 N–H and O–H groups in total. The fourth-order valence-corrected chi connectivity index (χ4v) is 2.86. The van der Waals surface area contributed by atoms with Crippen LogP contribution in [0.25, 0.3) is 0 Å². The maximum Gasteiger partial charge on any atom is 0.332 e. The SMILES string of the molecule is CCC(C)S(=O)CC1CCC(C(=O)O)O1. The lowest BCUT2D eigenvalue weighted by Crippen LogP contribution is -2.25. The van der Waals surface area contributed by atoms with Crippen LogP contribution in [0.3, 0.4) is 0 Å². The van der Waals surface area contributed by atoms with Crippen molar-refractivity contribution in [2.75, 3.05) is 5.75 Å². The zero-order chi connectivity index (χ0) is 11.4. The molecule has 4 nitrogen and oxygen atoms in total. The molecule has 88 valence electrons. The van der Waals surface area contributed by atoms with Crippen LogP contribution in [0.2, 0.25) is 0 Å². The molecule has 0 aliphatic carbocycles. The van der Waals surface area contributed by atoms with Crippen LogP contribution in [0, 0.1) is 0 Å². The monoisotopic (exact) mass is 234 g/mol. The molecule has 1 fully saturated rings. The van der Waals surface area contributed by atoms with Gasteiger partial charge in [-0.15, -0.1) is 0 Å². The molecule has 1 rings (SSSR count). The lowest BCUT2D eigenvalue weighted by Gasteiger charge is -2.13. The third kappa shape index (κ3) is 3.57. The highest BCUT2D eigenvalue weighted by Gasteiger charge is 2.31. The van der Waals surface area contributed by atoms with Crippen molar-refractivity contribution in [3.63, 3.8) is 0 Å². The summed E-state index contributed by atoms with van der Waals surface area (Å²) in [4.78, 5) is 10.6. The van der Waals surface area contributed by atoms with E-state index >= 15 is 0 Å². The molecule has 0 aromatic carbocycles. The molecule has 1 saturated heterocycles. The second-order valence-corrected chi connectivity index (χ2v) is 5.83. The smallest absolute Gasteiger partial charge is 0.332 e. The van der Waals surface area contributed by atoms with E-state index < -0.39 is 22.9 Å². The molecule has 0 bridgehead atoms. The average molecular weight is 234 g/mol. The molecule has 0 aromatic heterocycles. The van der Waals surface area contributed by atoms with E-state index in [9.17, 15) is 9.00 Å². The molecule has 0 radical (unpaired) electrons. The first-order valence-electron chi connectivity index (χ1n) is 5.30. The predicted octanol–water partition coefficient (Wildman–Crippen LogP) is 1.17. The normalized spacial score (nSPS) is 30.0. The van der Waals surface area contributed by atoms with Gasteiger partial charge in [0.2, 0.25) is 0 Å². The lowest BCUT2D eigenvalue weighted by molar-refractivity contribution is -0.148. The van der Waals surface area contributed by atoms with Crippen LogP contribution in [0.4, 0.5) is 0 Å². The van der Waals surface area contributed by atoms with Gasteiger partial charge in [-0.25, -0.2) is 4.79 Å². The van der Waals surface area contributed by atoms with E-state index in [2.05, 4.69) is 0 Å². The number of carbonyl (C=O) groups is 1. The van der Waals surface area contributed by atoms with Gasteiger partial charge in [-0.1, -0.05) is 13.8 Å². The van der Waals surface area contributed by atoms with Crippen LogP contribution >= 0.6 is 0 Å². The molecule has 0 spiro atoms. The topological polar surface area (TPSA) is 63.6 Å². The van der Waals surface area contributed by atoms with Gasteiger partial charge in [-0.2, -0.15) is 0 Å². The van der Waals surface area contributed by atoms with E-state index in [4.69, 9.17) is 9.84 Å². The zero-order valence-electron chi connectivity index (χ0n) is 9.14. The minimum Gasteiger partial charge on any atom is -0.479 e. The summed E-state index contributed by atoms with van der Waals surface area (Å²) in [6.07, 6.45) is 1.29. The Labute approximate surface area is 92.5 Å². The van der Waals surface area contributed by atoms with Crippen LogP contribution in [0.1, 0.15) is 33.1 Å². The summed E-state index contributed by atoms with van der Waals surface area (Å²) in [6.45, 7) is 3.94. The molecule has 1 aliphatic heterocycles.